The van der Waals surface area contributed by atoms with Crippen molar-refractivity contribution in [2.45, 2.75) is 19.9 Å². The molecule has 1 aliphatic rings. The Morgan fingerprint density at radius 2 is 1.86 bits per heavy atom. The van der Waals surface area contributed by atoms with Crippen LogP contribution in [-0.4, -0.2) is 26.3 Å². The van der Waals surface area contributed by atoms with Crippen molar-refractivity contribution in [1.82, 2.24) is 0 Å². The minimum atomic E-state index is 0.819. The lowest BCUT2D eigenvalue weighted by atomic mass is 10.2. The summed E-state index contributed by atoms with van der Waals surface area (Å²) >= 11 is 1.90. The topological polar surface area (TPSA) is 24.5 Å². The first-order valence-electron chi connectivity index (χ1n) is 7.60. The Kier molecular flexibility index (Phi) is 4.78. The van der Waals surface area contributed by atoms with Gasteiger partial charge in [-0.05, 0) is 30.7 Å². The lowest BCUT2D eigenvalue weighted by molar-refractivity contribution is 0.123. The van der Waals surface area contributed by atoms with E-state index in [2.05, 4.69) is 53.5 Å². The quantitative estimate of drug-likeness (QED) is 0.910. The third kappa shape index (κ3) is 3.57. The maximum absolute atomic E-state index is 5.45. The molecule has 0 radical (unpaired) electrons. The van der Waals surface area contributed by atoms with Gasteiger partial charge >= 0.3 is 0 Å². The van der Waals surface area contributed by atoms with Crippen LogP contribution in [0, 0.1) is 0 Å². The zero-order valence-electron chi connectivity index (χ0n) is 12.5. The molecule has 0 unspecified atom stereocenters. The summed E-state index contributed by atoms with van der Waals surface area (Å²) in [6.45, 7) is 6.68. The molecule has 0 aliphatic carbocycles. The minimum Gasteiger partial charge on any atom is -0.378 e. The molecule has 0 atom stereocenters. The second kappa shape index (κ2) is 6.96. The molecule has 1 fully saturated rings. The van der Waals surface area contributed by atoms with Crippen molar-refractivity contribution in [3.8, 4) is 0 Å². The van der Waals surface area contributed by atoms with Gasteiger partial charge in [-0.3, -0.25) is 0 Å². The number of anilines is 2. The summed E-state index contributed by atoms with van der Waals surface area (Å²) < 4.78 is 5.45. The van der Waals surface area contributed by atoms with Crippen molar-refractivity contribution < 1.29 is 4.74 Å². The second-order valence-corrected chi connectivity index (χ2v) is 6.44. The van der Waals surface area contributed by atoms with Crippen LogP contribution in [0.1, 0.15) is 16.7 Å². The number of thiophene rings is 1. The Bertz CT molecular complexity index is 576. The van der Waals surface area contributed by atoms with E-state index < -0.39 is 0 Å². The Hall–Kier alpha value is -1.52. The maximum Gasteiger partial charge on any atom is 0.0642 e. The average molecular weight is 302 g/mol. The largest absolute Gasteiger partial charge is 0.378 e. The van der Waals surface area contributed by atoms with Crippen LogP contribution in [0.2, 0.25) is 0 Å². The highest BCUT2D eigenvalue weighted by molar-refractivity contribution is 7.12. The van der Waals surface area contributed by atoms with Gasteiger partial charge in [0.1, 0.15) is 0 Å². The second-order valence-electron chi connectivity index (χ2n) is 5.19. The van der Waals surface area contributed by atoms with Gasteiger partial charge < -0.3 is 15.0 Å². The molecule has 3 nitrogen and oxygen atoms in total. The predicted molar refractivity (Wildman–Crippen MR) is 90.5 cm³/mol. The average Bonchev–Trinajstić information content (AvgIpc) is 3.02. The molecule has 4 heteroatoms. The van der Waals surface area contributed by atoms with E-state index in [0.29, 0.717) is 0 Å². The van der Waals surface area contributed by atoms with Crippen LogP contribution in [0.3, 0.4) is 0 Å². The molecular formula is C17H22N2OS. The van der Waals surface area contributed by atoms with Gasteiger partial charge in [0.25, 0.3) is 0 Å². The summed E-state index contributed by atoms with van der Waals surface area (Å²) in [6.07, 6.45) is 1.12. The van der Waals surface area contributed by atoms with Gasteiger partial charge in [-0.15, -0.1) is 11.3 Å². The summed E-state index contributed by atoms with van der Waals surface area (Å²) in [4.78, 5) is 5.24. The number of aryl methyl sites for hydroxylation is 1. The predicted octanol–water partition coefficient (Wildman–Crippen LogP) is 3.76. The molecule has 3 rings (SSSR count). The Labute approximate surface area is 130 Å². The molecule has 1 N–H and O–H groups in total. The van der Waals surface area contributed by atoms with Gasteiger partial charge in [0.15, 0.2) is 0 Å². The van der Waals surface area contributed by atoms with Crippen molar-refractivity contribution in [2.24, 2.45) is 0 Å². The van der Waals surface area contributed by atoms with Crippen LogP contribution in [0.25, 0.3) is 0 Å². The zero-order chi connectivity index (χ0) is 14.5. The van der Waals surface area contributed by atoms with Crippen molar-refractivity contribution in [1.29, 1.82) is 0 Å². The first-order chi connectivity index (χ1) is 10.4. The van der Waals surface area contributed by atoms with E-state index in [9.17, 15) is 0 Å². The number of hydrogen-bond acceptors (Lipinski definition) is 4. The summed E-state index contributed by atoms with van der Waals surface area (Å²) in [5.74, 6) is 0. The minimum absolute atomic E-state index is 0.819. The summed E-state index contributed by atoms with van der Waals surface area (Å²) in [7, 11) is 0. The first-order valence-corrected chi connectivity index (χ1v) is 8.41. The number of morpholine rings is 1. The number of nitrogens with zero attached hydrogens (tertiary/aromatic N) is 1. The van der Waals surface area contributed by atoms with Crippen LogP contribution in [0.4, 0.5) is 11.4 Å². The SMILES string of the molecule is CCc1ccc(CNc2ccccc2N2CCOCC2)s1. The molecule has 2 aromatic rings. The van der Waals surface area contributed by atoms with E-state index in [-0.39, 0.29) is 0 Å². The smallest absolute Gasteiger partial charge is 0.0642 e. The van der Waals surface area contributed by atoms with Gasteiger partial charge in [-0.2, -0.15) is 0 Å². The van der Waals surface area contributed by atoms with E-state index in [1.54, 1.807) is 0 Å². The molecule has 1 saturated heterocycles. The van der Waals surface area contributed by atoms with Crippen molar-refractivity contribution >= 4 is 22.7 Å². The van der Waals surface area contributed by atoms with Crippen LogP contribution in [0.5, 0.6) is 0 Å². The first kappa shape index (κ1) is 14.4. The number of benzene rings is 1. The normalized spacial score (nSPS) is 15.2. The van der Waals surface area contributed by atoms with Gasteiger partial charge in [-0.1, -0.05) is 19.1 Å². The number of hydrogen-bond donors (Lipinski definition) is 1. The van der Waals surface area contributed by atoms with Crippen LogP contribution in [-0.2, 0) is 17.7 Å². The number of rotatable bonds is 5. The van der Waals surface area contributed by atoms with E-state index in [1.807, 2.05) is 11.3 Å². The van der Waals surface area contributed by atoms with E-state index in [4.69, 9.17) is 4.74 Å². The Balaban J connectivity index is 1.69. The molecular weight excluding hydrogens is 280 g/mol. The molecule has 0 spiro atoms. The monoisotopic (exact) mass is 302 g/mol. The number of para-hydroxylation sites is 2. The van der Waals surface area contributed by atoms with Crippen LogP contribution < -0.4 is 10.2 Å². The van der Waals surface area contributed by atoms with Gasteiger partial charge in [0.2, 0.25) is 0 Å². The summed E-state index contributed by atoms with van der Waals surface area (Å²) in [5, 5.41) is 3.59. The maximum atomic E-state index is 5.45. The number of ether oxygens (including phenoxy) is 1. The molecule has 0 bridgehead atoms. The van der Waals surface area contributed by atoms with Gasteiger partial charge in [0.05, 0.1) is 24.6 Å². The van der Waals surface area contributed by atoms with E-state index in [0.717, 1.165) is 39.3 Å². The highest BCUT2D eigenvalue weighted by Gasteiger charge is 2.14. The highest BCUT2D eigenvalue weighted by Crippen LogP contribution is 2.27. The molecule has 0 saturated carbocycles. The van der Waals surface area contributed by atoms with Crippen LogP contribution >= 0.6 is 11.3 Å². The fraction of sp³-hybridized carbons (Fsp3) is 0.412. The zero-order valence-corrected chi connectivity index (χ0v) is 13.3. The number of nitrogens with one attached hydrogen (secondary N) is 1. The molecule has 2 heterocycles. The third-order valence-electron chi connectivity index (χ3n) is 3.77. The van der Waals surface area contributed by atoms with Crippen LogP contribution in [0.15, 0.2) is 36.4 Å². The lowest BCUT2D eigenvalue weighted by Gasteiger charge is -2.30. The molecule has 1 aromatic heterocycles. The molecule has 21 heavy (non-hydrogen) atoms. The van der Waals surface area contributed by atoms with E-state index >= 15 is 0 Å². The molecule has 0 amide bonds. The van der Waals surface area contributed by atoms with Crippen molar-refractivity contribution in [3.63, 3.8) is 0 Å². The summed E-state index contributed by atoms with van der Waals surface area (Å²) in [6, 6.07) is 13.0. The fourth-order valence-corrected chi connectivity index (χ4v) is 3.49. The third-order valence-corrected chi connectivity index (χ3v) is 5.00. The Morgan fingerprint density at radius 1 is 1.10 bits per heavy atom. The molecule has 1 aromatic carbocycles. The molecule has 112 valence electrons. The van der Waals surface area contributed by atoms with E-state index in [1.165, 1.54) is 21.1 Å². The van der Waals surface area contributed by atoms with Crippen molar-refractivity contribution in [2.75, 3.05) is 36.5 Å². The highest BCUT2D eigenvalue weighted by atomic mass is 32.1. The molecule has 1 aliphatic heterocycles. The standard InChI is InChI=1S/C17H22N2OS/c1-2-14-7-8-15(21-14)13-18-16-5-3-4-6-17(16)19-9-11-20-12-10-19/h3-8,18H,2,9-13H2,1H3. The Morgan fingerprint density at radius 3 is 2.62 bits per heavy atom. The van der Waals surface area contributed by atoms with Gasteiger partial charge in [-0.25, -0.2) is 0 Å². The lowest BCUT2D eigenvalue weighted by Crippen LogP contribution is -2.36. The fourth-order valence-electron chi connectivity index (χ4n) is 2.59. The summed E-state index contributed by atoms with van der Waals surface area (Å²) in [5.41, 5.74) is 2.50. The van der Waals surface area contributed by atoms with Crippen molar-refractivity contribution in [3.05, 3.63) is 46.2 Å². The van der Waals surface area contributed by atoms with Gasteiger partial charge in [0, 0.05) is 29.4 Å².